The van der Waals surface area contributed by atoms with Crippen molar-refractivity contribution in [3.63, 3.8) is 0 Å². The number of amides is 1. The molecular weight excluding hydrogens is 464 g/mol. The van der Waals surface area contributed by atoms with Crippen LogP contribution < -0.4 is 14.4 Å². The summed E-state index contributed by atoms with van der Waals surface area (Å²) in [6.45, 7) is 0.917. The Bertz CT molecular complexity index is 1240. The molecule has 7 nitrogen and oxygen atoms in total. The number of carbonyl (C=O) groups excluding carboxylic acids is 1. The molecule has 3 aromatic rings. The molecule has 3 N–H and O–H groups in total. The molecule has 0 spiro atoms. The molecule has 1 unspecified atom stereocenters. The SMILES string of the molecule is COc1ccc(C[N+](CC(N)=O)(c2cccc(Cl)c2C)S(=O)(=O)c2ccc(CO)cc2)cc1. The van der Waals surface area contributed by atoms with Gasteiger partial charge in [-0.1, -0.05) is 29.8 Å². The van der Waals surface area contributed by atoms with E-state index in [1.54, 1.807) is 49.4 Å². The molecule has 0 aliphatic rings. The largest absolute Gasteiger partial charge is 0.497 e. The first kappa shape index (κ1) is 24.7. The Kier molecular flexibility index (Phi) is 7.44. The second-order valence-corrected chi connectivity index (χ2v) is 10.2. The number of hydrogen-bond acceptors (Lipinski definition) is 5. The van der Waals surface area contributed by atoms with Gasteiger partial charge in [-0.15, -0.1) is 0 Å². The smallest absolute Gasteiger partial charge is 0.332 e. The summed E-state index contributed by atoms with van der Waals surface area (Å²) in [5.74, 6) is -0.161. The van der Waals surface area contributed by atoms with Crippen LogP contribution in [-0.2, 0) is 28.0 Å². The number of halogens is 1. The third kappa shape index (κ3) is 4.89. The number of benzene rings is 3. The highest BCUT2D eigenvalue weighted by Gasteiger charge is 2.48. The van der Waals surface area contributed by atoms with Crippen LogP contribution in [0.5, 0.6) is 5.75 Å². The van der Waals surface area contributed by atoms with Gasteiger partial charge in [0.25, 0.3) is 5.91 Å². The van der Waals surface area contributed by atoms with Crippen molar-refractivity contribution in [2.75, 3.05) is 13.7 Å². The van der Waals surface area contributed by atoms with Crippen LogP contribution in [0.15, 0.2) is 71.6 Å². The molecule has 1 amide bonds. The van der Waals surface area contributed by atoms with Gasteiger partial charge in [0.15, 0.2) is 12.2 Å². The molecule has 3 aromatic carbocycles. The molecule has 9 heteroatoms. The van der Waals surface area contributed by atoms with Crippen LogP contribution in [0.1, 0.15) is 16.7 Å². The van der Waals surface area contributed by atoms with Gasteiger partial charge in [-0.25, -0.2) is 0 Å². The van der Waals surface area contributed by atoms with E-state index in [4.69, 9.17) is 22.1 Å². The van der Waals surface area contributed by atoms with Gasteiger partial charge in [-0.3, -0.25) is 4.79 Å². The number of sulfonamides is 1. The molecule has 0 fully saturated rings. The fraction of sp³-hybridized carbons (Fsp3) is 0.208. The second kappa shape index (κ2) is 9.93. The van der Waals surface area contributed by atoms with Gasteiger partial charge in [0.05, 0.1) is 13.7 Å². The number of quaternary nitrogens is 1. The number of nitrogens with two attached hydrogens (primary N) is 1. The van der Waals surface area contributed by atoms with E-state index in [-0.39, 0.29) is 18.0 Å². The van der Waals surface area contributed by atoms with Crippen LogP contribution >= 0.6 is 11.6 Å². The molecule has 33 heavy (non-hydrogen) atoms. The summed E-state index contributed by atoms with van der Waals surface area (Å²) in [5, 5.41) is 9.73. The lowest BCUT2D eigenvalue weighted by molar-refractivity contribution is -0.118. The highest BCUT2D eigenvalue weighted by atomic mass is 35.5. The van der Waals surface area contributed by atoms with E-state index in [2.05, 4.69) is 0 Å². The molecule has 0 aliphatic heterocycles. The van der Waals surface area contributed by atoms with E-state index in [1.807, 2.05) is 0 Å². The zero-order valence-electron chi connectivity index (χ0n) is 18.4. The number of ether oxygens (including phenoxy) is 1. The Morgan fingerprint density at radius 1 is 1.03 bits per heavy atom. The molecule has 0 radical (unpaired) electrons. The Morgan fingerprint density at radius 3 is 2.18 bits per heavy atom. The predicted molar refractivity (Wildman–Crippen MR) is 128 cm³/mol. The summed E-state index contributed by atoms with van der Waals surface area (Å²) in [6, 6.07) is 17.8. The van der Waals surface area contributed by atoms with Gasteiger partial charge >= 0.3 is 10.0 Å². The van der Waals surface area contributed by atoms with Crippen molar-refractivity contribution in [1.29, 1.82) is 0 Å². The standard InChI is InChI=1S/C24H25ClN2O5S/c1-17-22(25)4-3-5-23(17)27(15-24(26)29,14-18-6-10-20(32-2)11-7-18)33(30,31)21-12-8-19(16-28)9-13-21/h3-13,28H,14-16H2,1-2H3,(H-,26,29)/p+1. The van der Waals surface area contributed by atoms with Gasteiger partial charge in [0, 0.05) is 22.2 Å². The van der Waals surface area contributed by atoms with Gasteiger partial charge in [-0.05, 0) is 55.0 Å². The predicted octanol–water partition coefficient (Wildman–Crippen LogP) is 3.53. The highest BCUT2D eigenvalue weighted by Crippen LogP contribution is 2.39. The lowest BCUT2D eigenvalue weighted by Crippen LogP contribution is -2.57. The minimum atomic E-state index is -4.22. The van der Waals surface area contributed by atoms with Gasteiger partial charge in [0.1, 0.15) is 17.2 Å². The van der Waals surface area contributed by atoms with E-state index >= 15 is 0 Å². The van der Waals surface area contributed by atoms with Crippen LogP contribution in [0.4, 0.5) is 5.69 Å². The van der Waals surface area contributed by atoms with Crippen molar-refractivity contribution in [3.05, 3.63) is 88.4 Å². The summed E-state index contributed by atoms with van der Waals surface area (Å²) in [7, 11) is -2.68. The van der Waals surface area contributed by atoms with E-state index < -0.39 is 26.4 Å². The van der Waals surface area contributed by atoms with Crippen molar-refractivity contribution >= 4 is 33.2 Å². The minimum Gasteiger partial charge on any atom is -0.497 e. The summed E-state index contributed by atoms with van der Waals surface area (Å²) in [6.07, 6.45) is 0. The number of hydrogen-bond donors (Lipinski definition) is 2. The van der Waals surface area contributed by atoms with E-state index in [0.717, 1.165) is 0 Å². The van der Waals surface area contributed by atoms with E-state index in [0.29, 0.717) is 33.1 Å². The van der Waals surface area contributed by atoms with Crippen LogP contribution in [0.25, 0.3) is 0 Å². The summed E-state index contributed by atoms with van der Waals surface area (Å²) < 4.78 is 32.9. The first-order valence-electron chi connectivity index (χ1n) is 10.1. The number of aliphatic hydroxyl groups excluding tert-OH is 1. The third-order valence-electron chi connectivity index (χ3n) is 5.55. The van der Waals surface area contributed by atoms with Crippen LogP contribution in [-0.4, -0.2) is 33.1 Å². The zero-order valence-corrected chi connectivity index (χ0v) is 19.9. The Morgan fingerprint density at radius 2 is 1.64 bits per heavy atom. The number of primary amides is 1. The molecule has 0 bridgehead atoms. The van der Waals surface area contributed by atoms with Crippen molar-refractivity contribution in [3.8, 4) is 5.75 Å². The lowest BCUT2D eigenvalue weighted by atomic mass is 10.1. The molecule has 0 saturated carbocycles. The maximum Gasteiger partial charge on any atom is 0.332 e. The molecule has 0 aromatic heterocycles. The van der Waals surface area contributed by atoms with Crippen LogP contribution in [0.2, 0.25) is 5.02 Å². The third-order valence-corrected chi connectivity index (χ3v) is 8.20. The number of rotatable bonds is 9. The maximum atomic E-state index is 14.2. The monoisotopic (exact) mass is 489 g/mol. The summed E-state index contributed by atoms with van der Waals surface area (Å²) >= 11 is 6.37. The number of aliphatic hydroxyl groups is 1. The number of methoxy groups -OCH3 is 1. The van der Waals surface area contributed by atoms with E-state index in [9.17, 15) is 18.3 Å². The van der Waals surface area contributed by atoms with Crippen molar-refractivity contribution < 1.29 is 23.1 Å². The summed E-state index contributed by atoms with van der Waals surface area (Å²) in [5.41, 5.74) is 7.73. The first-order chi connectivity index (χ1) is 15.6. The molecular formula is C24H26ClN2O5S+. The Balaban J connectivity index is 2.31. The maximum absolute atomic E-state index is 14.2. The lowest BCUT2D eigenvalue weighted by Gasteiger charge is -2.36. The van der Waals surface area contributed by atoms with Gasteiger partial charge in [0.2, 0.25) is 0 Å². The molecule has 3 rings (SSSR count). The van der Waals surface area contributed by atoms with E-state index in [1.165, 1.54) is 31.4 Å². The van der Waals surface area contributed by atoms with Crippen molar-refractivity contribution in [2.24, 2.45) is 5.73 Å². The highest BCUT2D eigenvalue weighted by molar-refractivity contribution is 7.91. The quantitative estimate of drug-likeness (QED) is 0.447. The zero-order chi connectivity index (χ0) is 24.2. The van der Waals surface area contributed by atoms with Crippen molar-refractivity contribution in [1.82, 2.24) is 3.89 Å². The molecule has 0 aliphatic carbocycles. The summed E-state index contributed by atoms with van der Waals surface area (Å²) in [4.78, 5) is 12.3. The minimum absolute atomic E-state index is 0.00571. The van der Waals surface area contributed by atoms with Crippen LogP contribution in [0, 0.1) is 6.92 Å². The second-order valence-electron chi connectivity index (χ2n) is 7.68. The Hall–Kier alpha value is -2.91. The fourth-order valence-electron chi connectivity index (χ4n) is 3.81. The van der Waals surface area contributed by atoms with Gasteiger partial charge < -0.3 is 15.6 Å². The normalized spacial score (nSPS) is 13.3. The number of nitrogens with zero attached hydrogens (tertiary/aromatic N) is 1. The average Bonchev–Trinajstić information content (AvgIpc) is 2.80. The topological polar surface area (TPSA) is 107 Å². The average molecular weight is 490 g/mol. The molecule has 1 atom stereocenters. The first-order valence-corrected chi connectivity index (χ1v) is 12.0. The molecule has 0 heterocycles. The fourth-order valence-corrected chi connectivity index (χ4v) is 5.94. The van der Waals surface area contributed by atoms with Gasteiger partial charge in [-0.2, -0.15) is 12.3 Å². The van der Waals surface area contributed by atoms with Crippen LogP contribution in [0.3, 0.4) is 0 Å². The molecule has 0 saturated heterocycles. The number of carbonyl (C=O) groups is 1. The Labute approximate surface area is 198 Å². The van der Waals surface area contributed by atoms with Crippen molar-refractivity contribution in [2.45, 2.75) is 25.0 Å². The molecule has 174 valence electrons.